The summed E-state index contributed by atoms with van der Waals surface area (Å²) in [4.78, 5) is 0. The van der Waals surface area contributed by atoms with Crippen molar-refractivity contribution in [1.29, 1.82) is 5.26 Å². The van der Waals surface area contributed by atoms with E-state index in [0.29, 0.717) is 12.5 Å². The smallest absolute Gasteiger partial charge is 0.0638 e. The maximum absolute atomic E-state index is 8.45. The highest BCUT2D eigenvalue weighted by molar-refractivity contribution is 4.77. The Morgan fingerprint density at radius 2 is 1.79 bits per heavy atom. The van der Waals surface area contributed by atoms with Crippen LogP contribution in [-0.2, 0) is 0 Å². The Bertz CT molecular complexity index is 149. The molecule has 14 heavy (non-hydrogen) atoms. The minimum atomic E-state index is 0.357. The summed E-state index contributed by atoms with van der Waals surface area (Å²) in [5, 5.41) is 11.8. The first-order chi connectivity index (χ1) is 6.81. The molecule has 0 heterocycles. The summed E-state index contributed by atoms with van der Waals surface area (Å²) < 4.78 is 0. The van der Waals surface area contributed by atoms with Crippen molar-refractivity contribution in [3.05, 3.63) is 0 Å². The van der Waals surface area contributed by atoms with E-state index >= 15 is 0 Å². The Labute approximate surface area is 88.7 Å². The third-order valence-corrected chi connectivity index (χ3v) is 2.42. The monoisotopic (exact) mass is 196 g/mol. The molecule has 0 radical (unpaired) electrons. The van der Waals surface area contributed by atoms with Crippen LogP contribution in [0.15, 0.2) is 0 Å². The SMILES string of the molecule is CCCCCCCCNC(C)CC#N. The van der Waals surface area contributed by atoms with Crippen molar-refractivity contribution < 1.29 is 0 Å². The van der Waals surface area contributed by atoms with E-state index in [1.165, 1.54) is 38.5 Å². The molecule has 0 aliphatic heterocycles. The Morgan fingerprint density at radius 1 is 1.14 bits per heavy atom. The fourth-order valence-corrected chi connectivity index (χ4v) is 1.46. The standard InChI is InChI=1S/C12H24N2/c1-3-4-5-6-7-8-11-14-12(2)9-10-13/h12,14H,3-9,11H2,1-2H3. The molecule has 1 unspecified atom stereocenters. The summed E-state index contributed by atoms with van der Waals surface area (Å²) in [6.07, 6.45) is 8.63. The Hall–Kier alpha value is -0.550. The zero-order valence-corrected chi connectivity index (χ0v) is 9.68. The highest BCUT2D eigenvalue weighted by Gasteiger charge is 1.98. The molecule has 0 rings (SSSR count). The highest BCUT2D eigenvalue weighted by Crippen LogP contribution is 2.04. The average Bonchev–Trinajstić information content (AvgIpc) is 2.17. The van der Waals surface area contributed by atoms with Gasteiger partial charge in [0.1, 0.15) is 0 Å². The van der Waals surface area contributed by atoms with Crippen molar-refractivity contribution in [3.63, 3.8) is 0 Å². The van der Waals surface area contributed by atoms with Crippen LogP contribution in [0.4, 0.5) is 0 Å². The second kappa shape index (κ2) is 10.5. The molecule has 0 aliphatic carbocycles. The van der Waals surface area contributed by atoms with Gasteiger partial charge in [0.15, 0.2) is 0 Å². The predicted octanol–water partition coefficient (Wildman–Crippen LogP) is 3.24. The van der Waals surface area contributed by atoms with Crippen molar-refractivity contribution >= 4 is 0 Å². The van der Waals surface area contributed by atoms with Gasteiger partial charge in [-0.05, 0) is 19.9 Å². The van der Waals surface area contributed by atoms with Gasteiger partial charge in [-0.3, -0.25) is 0 Å². The molecule has 0 bridgehead atoms. The van der Waals surface area contributed by atoms with Crippen LogP contribution in [0, 0.1) is 11.3 Å². The van der Waals surface area contributed by atoms with Crippen LogP contribution in [0.2, 0.25) is 0 Å². The van der Waals surface area contributed by atoms with E-state index in [1.807, 2.05) is 0 Å². The van der Waals surface area contributed by atoms with Gasteiger partial charge in [0.2, 0.25) is 0 Å². The number of unbranched alkanes of at least 4 members (excludes halogenated alkanes) is 5. The highest BCUT2D eigenvalue weighted by atomic mass is 14.9. The topological polar surface area (TPSA) is 35.8 Å². The van der Waals surface area contributed by atoms with Crippen LogP contribution >= 0.6 is 0 Å². The first-order valence-corrected chi connectivity index (χ1v) is 5.91. The number of hydrogen-bond donors (Lipinski definition) is 1. The summed E-state index contributed by atoms with van der Waals surface area (Å²) in [5.41, 5.74) is 0. The van der Waals surface area contributed by atoms with E-state index in [2.05, 4.69) is 25.2 Å². The van der Waals surface area contributed by atoms with Gasteiger partial charge < -0.3 is 5.32 Å². The largest absolute Gasteiger partial charge is 0.313 e. The summed E-state index contributed by atoms with van der Waals surface area (Å²) in [5.74, 6) is 0. The lowest BCUT2D eigenvalue weighted by atomic mass is 10.1. The minimum Gasteiger partial charge on any atom is -0.313 e. The molecule has 2 heteroatoms. The fourth-order valence-electron chi connectivity index (χ4n) is 1.46. The molecule has 0 aliphatic rings. The first-order valence-electron chi connectivity index (χ1n) is 5.91. The van der Waals surface area contributed by atoms with Gasteiger partial charge in [0.05, 0.1) is 12.5 Å². The summed E-state index contributed by atoms with van der Waals surface area (Å²) in [7, 11) is 0. The first kappa shape index (κ1) is 13.4. The van der Waals surface area contributed by atoms with Crippen molar-refractivity contribution in [3.8, 4) is 6.07 Å². The molecular weight excluding hydrogens is 172 g/mol. The molecule has 0 aromatic rings. The molecule has 1 N–H and O–H groups in total. The third-order valence-electron chi connectivity index (χ3n) is 2.42. The number of nitrogens with zero attached hydrogens (tertiary/aromatic N) is 1. The lowest BCUT2D eigenvalue weighted by Gasteiger charge is -2.09. The summed E-state index contributed by atoms with van der Waals surface area (Å²) in [6, 6.07) is 2.53. The van der Waals surface area contributed by atoms with Crippen LogP contribution in [0.1, 0.15) is 58.8 Å². The summed E-state index contributed by atoms with van der Waals surface area (Å²) in [6.45, 7) is 5.38. The van der Waals surface area contributed by atoms with Crippen LogP contribution in [-0.4, -0.2) is 12.6 Å². The van der Waals surface area contributed by atoms with Gasteiger partial charge in [-0.2, -0.15) is 5.26 Å². The van der Waals surface area contributed by atoms with Crippen LogP contribution in [0.25, 0.3) is 0 Å². The van der Waals surface area contributed by atoms with Crippen molar-refractivity contribution in [2.45, 2.75) is 64.8 Å². The van der Waals surface area contributed by atoms with Gasteiger partial charge in [0.25, 0.3) is 0 Å². The quantitative estimate of drug-likeness (QED) is 0.575. The molecule has 0 fully saturated rings. The molecular formula is C12H24N2. The van der Waals surface area contributed by atoms with E-state index in [-0.39, 0.29) is 0 Å². The second-order valence-corrected chi connectivity index (χ2v) is 3.99. The molecule has 0 saturated heterocycles. The lowest BCUT2D eigenvalue weighted by Crippen LogP contribution is -2.26. The molecule has 0 amide bonds. The van der Waals surface area contributed by atoms with Crippen LogP contribution < -0.4 is 5.32 Å². The molecule has 0 spiro atoms. The zero-order valence-electron chi connectivity index (χ0n) is 9.68. The van der Waals surface area contributed by atoms with Crippen molar-refractivity contribution in [2.24, 2.45) is 0 Å². The maximum atomic E-state index is 8.45. The van der Waals surface area contributed by atoms with E-state index < -0.39 is 0 Å². The molecule has 0 aromatic heterocycles. The molecule has 2 nitrogen and oxygen atoms in total. The Morgan fingerprint density at radius 3 is 2.43 bits per heavy atom. The maximum Gasteiger partial charge on any atom is 0.0638 e. The van der Waals surface area contributed by atoms with Gasteiger partial charge in [-0.1, -0.05) is 39.0 Å². The van der Waals surface area contributed by atoms with Gasteiger partial charge in [-0.25, -0.2) is 0 Å². The average molecular weight is 196 g/mol. The van der Waals surface area contributed by atoms with Crippen molar-refractivity contribution in [1.82, 2.24) is 5.32 Å². The minimum absolute atomic E-state index is 0.357. The Kier molecular flexibility index (Phi) is 10.1. The second-order valence-electron chi connectivity index (χ2n) is 3.99. The molecule has 0 aromatic carbocycles. The van der Waals surface area contributed by atoms with E-state index in [4.69, 9.17) is 5.26 Å². The zero-order chi connectivity index (χ0) is 10.6. The normalized spacial score (nSPS) is 12.4. The third kappa shape index (κ3) is 9.54. The van der Waals surface area contributed by atoms with Crippen LogP contribution in [0.3, 0.4) is 0 Å². The number of nitriles is 1. The van der Waals surface area contributed by atoms with Gasteiger partial charge >= 0.3 is 0 Å². The molecule has 0 saturated carbocycles. The van der Waals surface area contributed by atoms with E-state index in [9.17, 15) is 0 Å². The number of hydrogen-bond acceptors (Lipinski definition) is 2. The molecule has 1 atom stereocenters. The summed E-state index contributed by atoms with van der Waals surface area (Å²) >= 11 is 0. The van der Waals surface area contributed by atoms with E-state index in [0.717, 1.165) is 6.54 Å². The number of rotatable bonds is 9. The van der Waals surface area contributed by atoms with Gasteiger partial charge in [-0.15, -0.1) is 0 Å². The van der Waals surface area contributed by atoms with Crippen molar-refractivity contribution in [2.75, 3.05) is 6.54 Å². The molecule has 82 valence electrons. The Balaban J connectivity index is 3.02. The van der Waals surface area contributed by atoms with Crippen LogP contribution in [0.5, 0.6) is 0 Å². The van der Waals surface area contributed by atoms with Gasteiger partial charge in [0, 0.05) is 6.04 Å². The van der Waals surface area contributed by atoms with E-state index in [1.54, 1.807) is 0 Å². The lowest BCUT2D eigenvalue weighted by molar-refractivity contribution is 0.518. The predicted molar refractivity (Wildman–Crippen MR) is 61.1 cm³/mol. The number of nitrogens with one attached hydrogen (secondary N) is 1. The fraction of sp³-hybridized carbons (Fsp3) is 0.917.